The lowest BCUT2D eigenvalue weighted by molar-refractivity contribution is -0.158. The topological polar surface area (TPSA) is 97.3 Å². The van der Waals surface area contributed by atoms with Gasteiger partial charge in [0.1, 0.15) is 5.84 Å². The van der Waals surface area contributed by atoms with Gasteiger partial charge in [0.25, 0.3) is 0 Å². The van der Waals surface area contributed by atoms with Gasteiger partial charge in [0.15, 0.2) is 5.60 Å². The van der Waals surface area contributed by atoms with E-state index in [2.05, 4.69) is 22.2 Å². The molecule has 1 saturated heterocycles. The Labute approximate surface area is 205 Å². The number of nitrogens with one attached hydrogen (secondary N) is 1. The number of aliphatic imine (C=N–C) groups is 1. The van der Waals surface area contributed by atoms with Crippen molar-refractivity contribution in [3.63, 3.8) is 0 Å². The molecule has 184 valence electrons. The number of aryl methyl sites for hydroxylation is 1. The van der Waals surface area contributed by atoms with Crippen LogP contribution in [0.2, 0.25) is 0 Å². The number of nitrogens with zero attached hydrogens (tertiary/aromatic N) is 2. The summed E-state index contributed by atoms with van der Waals surface area (Å²) in [7, 11) is 1.38. The first-order valence-corrected chi connectivity index (χ1v) is 12.0. The van der Waals surface area contributed by atoms with Crippen molar-refractivity contribution >= 4 is 24.3 Å². The molecule has 0 radical (unpaired) electrons. The predicted octanol–water partition coefficient (Wildman–Crippen LogP) is 3.13. The van der Waals surface area contributed by atoms with Gasteiger partial charge in [0.05, 0.1) is 13.2 Å². The number of hydrogen-bond donors (Lipinski definition) is 1. The van der Waals surface area contributed by atoms with E-state index in [1.54, 1.807) is 11.0 Å². The van der Waals surface area contributed by atoms with Gasteiger partial charge in [-0.25, -0.2) is 9.59 Å². The highest BCUT2D eigenvalue weighted by Crippen LogP contribution is 2.45. The van der Waals surface area contributed by atoms with Gasteiger partial charge in [-0.15, -0.1) is 0 Å². The average Bonchev–Trinajstić information content (AvgIpc) is 3.28. The first-order chi connectivity index (χ1) is 16.8. The zero-order valence-electron chi connectivity index (χ0n) is 20.4. The quantitative estimate of drug-likeness (QED) is 0.410. The first kappa shape index (κ1) is 24.5. The van der Waals surface area contributed by atoms with Crippen molar-refractivity contribution in [2.45, 2.75) is 63.6 Å². The van der Waals surface area contributed by atoms with Crippen molar-refractivity contribution < 1.29 is 23.9 Å². The molecular formula is C27H31N3O5. The van der Waals surface area contributed by atoms with Crippen LogP contribution in [0.15, 0.2) is 40.9 Å². The van der Waals surface area contributed by atoms with Gasteiger partial charge in [-0.05, 0) is 69.2 Å². The fraction of sp³-hybridized carbons (Fsp3) is 0.481. The summed E-state index contributed by atoms with van der Waals surface area (Å²) >= 11 is 0. The Morgan fingerprint density at radius 2 is 2.14 bits per heavy atom. The summed E-state index contributed by atoms with van der Waals surface area (Å²) < 4.78 is 11.3. The Kier molecular flexibility index (Phi) is 7.25. The number of dihydropyridines is 1. The molecule has 2 aliphatic heterocycles. The number of amides is 2. The maximum Gasteiger partial charge on any atom is 0.409 e. The molecule has 1 aromatic rings. The van der Waals surface area contributed by atoms with E-state index in [1.807, 2.05) is 38.1 Å². The van der Waals surface area contributed by atoms with E-state index in [4.69, 9.17) is 9.47 Å². The van der Waals surface area contributed by atoms with Crippen LogP contribution in [0.5, 0.6) is 0 Å². The van der Waals surface area contributed by atoms with Gasteiger partial charge < -0.3 is 19.7 Å². The van der Waals surface area contributed by atoms with Gasteiger partial charge in [0.2, 0.25) is 6.41 Å². The van der Waals surface area contributed by atoms with Gasteiger partial charge in [-0.1, -0.05) is 18.1 Å². The summed E-state index contributed by atoms with van der Waals surface area (Å²) in [4.78, 5) is 42.9. The molecule has 3 aliphatic rings. The minimum atomic E-state index is -1.04. The fourth-order valence-corrected chi connectivity index (χ4v) is 5.44. The van der Waals surface area contributed by atoms with Crippen molar-refractivity contribution in [2.75, 3.05) is 13.7 Å². The van der Waals surface area contributed by atoms with Crippen LogP contribution in [0.1, 0.15) is 50.2 Å². The molecule has 0 spiro atoms. The Morgan fingerprint density at radius 1 is 1.31 bits per heavy atom. The zero-order chi connectivity index (χ0) is 25.0. The molecule has 0 bridgehead atoms. The number of amidine groups is 1. The Morgan fingerprint density at radius 3 is 2.89 bits per heavy atom. The second-order valence-electron chi connectivity index (χ2n) is 9.42. The molecule has 1 N–H and O–H groups in total. The number of rotatable bonds is 3. The SMILES string of the molecule is COC(=O)N1CCC2C1CCCC2(C#Cc1cccc(C)c1)OC(=O)C1=CC(NC=O)=NC(C)C1. The van der Waals surface area contributed by atoms with E-state index in [0.717, 1.165) is 24.0 Å². The number of ether oxygens (including phenoxy) is 2. The number of likely N-dealkylation sites (tertiary alicyclic amines) is 1. The minimum Gasteiger partial charge on any atom is -0.453 e. The molecule has 1 saturated carbocycles. The molecule has 2 fully saturated rings. The summed E-state index contributed by atoms with van der Waals surface area (Å²) in [5, 5.41) is 2.53. The molecule has 0 aromatic heterocycles. The summed E-state index contributed by atoms with van der Waals surface area (Å²) in [5.74, 6) is 6.34. The van der Waals surface area contributed by atoms with Crippen LogP contribution in [0.3, 0.4) is 0 Å². The molecule has 1 aliphatic carbocycles. The number of methoxy groups -OCH3 is 1. The predicted molar refractivity (Wildman–Crippen MR) is 131 cm³/mol. The molecule has 4 rings (SSSR count). The lowest BCUT2D eigenvalue weighted by Gasteiger charge is -2.42. The Bertz CT molecular complexity index is 1130. The van der Waals surface area contributed by atoms with E-state index in [1.165, 1.54) is 7.11 Å². The maximum atomic E-state index is 13.5. The monoisotopic (exact) mass is 477 g/mol. The van der Waals surface area contributed by atoms with Crippen molar-refractivity contribution in [3.05, 3.63) is 47.0 Å². The number of carbonyl (C=O) groups is 3. The van der Waals surface area contributed by atoms with Crippen molar-refractivity contribution in [1.82, 2.24) is 10.2 Å². The van der Waals surface area contributed by atoms with Gasteiger partial charge in [-0.2, -0.15) is 0 Å². The van der Waals surface area contributed by atoms with E-state index in [9.17, 15) is 14.4 Å². The minimum absolute atomic E-state index is 0.107. The molecule has 35 heavy (non-hydrogen) atoms. The highest BCUT2D eigenvalue weighted by molar-refractivity contribution is 6.05. The van der Waals surface area contributed by atoms with Crippen LogP contribution in [0.4, 0.5) is 4.79 Å². The molecule has 2 heterocycles. The van der Waals surface area contributed by atoms with Crippen molar-refractivity contribution in [1.29, 1.82) is 0 Å². The third kappa shape index (κ3) is 5.24. The molecular weight excluding hydrogens is 446 g/mol. The second-order valence-corrected chi connectivity index (χ2v) is 9.42. The third-order valence-corrected chi connectivity index (χ3v) is 6.97. The highest BCUT2D eigenvalue weighted by Gasteiger charge is 2.54. The Hall–Kier alpha value is -3.60. The fourth-order valence-electron chi connectivity index (χ4n) is 5.44. The van der Waals surface area contributed by atoms with Gasteiger partial charge in [0, 0.05) is 36.1 Å². The molecule has 8 nitrogen and oxygen atoms in total. The van der Waals surface area contributed by atoms with Gasteiger partial charge >= 0.3 is 12.1 Å². The number of esters is 1. The first-order valence-electron chi connectivity index (χ1n) is 12.0. The van der Waals surface area contributed by atoms with E-state index in [0.29, 0.717) is 43.6 Å². The van der Waals surface area contributed by atoms with Crippen LogP contribution < -0.4 is 5.32 Å². The normalized spacial score (nSPS) is 27.4. The van der Waals surface area contributed by atoms with E-state index in [-0.39, 0.29) is 24.1 Å². The van der Waals surface area contributed by atoms with Crippen LogP contribution in [-0.4, -0.2) is 60.5 Å². The van der Waals surface area contributed by atoms with Crippen LogP contribution in [-0.2, 0) is 19.1 Å². The molecule has 2 amide bonds. The largest absolute Gasteiger partial charge is 0.453 e. The smallest absolute Gasteiger partial charge is 0.409 e. The standard InChI is InChI=1S/C27H31N3O5/c1-18-6-4-7-20(14-18)9-12-27(11-5-8-23-22(27)10-13-30(23)26(33)34-3)35-25(32)21-15-19(2)29-24(16-21)28-17-31/h4,6-7,14,16-17,19,22-23H,5,8,10-11,13,15H2,1-3H3,(H,28,29,31). The zero-order valence-corrected chi connectivity index (χ0v) is 20.4. The maximum absolute atomic E-state index is 13.5. The van der Waals surface area contributed by atoms with Crippen LogP contribution in [0.25, 0.3) is 0 Å². The average molecular weight is 478 g/mol. The van der Waals surface area contributed by atoms with Crippen molar-refractivity contribution in [3.8, 4) is 11.8 Å². The molecule has 4 atom stereocenters. The lowest BCUT2D eigenvalue weighted by Crippen LogP contribution is -2.52. The van der Waals surface area contributed by atoms with E-state index >= 15 is 0 Å². The number of benzene rings is 1. The van der Waals surface area contributed by atoms with Crippen molar-refractivity contribution in [2.24, 2.45) is 10.9 Å². The Balaban J connectivity index is 1.69. The molecule has 1 aromatic carbocycles. The van der Waals surface area contributed by atoms with Crippen LogP contribution in [0, 0.1) is 24.7 Å². The van der Waals surface area contributed by atoms with E-state index < -0.39 is 11.6 Å². The summed E-state index contributed by atoms with van der Waals surface area (Å²) in [6.07, 6.45) is 4.98. The highest BCUT2D eigenvalue weighted by atomic mass is 16.6. The third-order valence-electron chi connectivity index (χ3n) is 6.97. The molecule has 4 unspecified atom stereocenters. The number of carbonyl (C=O) groups excluding carboxylic acids is 3. The summed E-state index contributed by atoms with van der Waals surface area (Å²) in [6.45, 7) is 4.42. The second kappa shape index (κ2) is 10.3. The van der Waals surface area contributed by atoms with Crippen LogP contribution >= 0.6 is 0 Å². The van der Waals surface area contributed by atoms with Gasteiger partial charge in [-0.3, -0.25) is 9.79 Å². The summed E-state index contributed by atoms with van der Waals surface area (Å²) in [6, 6.07) is 7.61. The summed E-state index contributed by atoms with van der Waals surface area (Å²) in [5.41, 5.74) is 1.35. The molecule has 8 heteroatoms. The number of hydrogen-bond acceptors (Lipinski definition) is 6. The lowest BCUT2D eigenvalue weighted by atomic mass is 9.72. The number of fused-ring (bicyclic) bond motifs is 1.